The van der Waals surface area contributed by atoms with Crippen molar-refractivity contribution >= 4 is 37.5 Å². The van der Waals surface area contributed by atoms with Crippen LogP contribution in [0.1, 0.15) is 10.4 Å². The molecule has 0 saturated heterocycles. The molecular weight excluding hydrogens is 360 g/mol. The van der Waals surface area contributed by atoms with Crippen LogP contribution >= 0.6 is 15.9 Å². The first-order valence-corrected chi connectivity index (χ1v) is 7.98. The maximum absolute atomic E-state index is 12.2. The van der Waals surface area contributed by atoms with E-state index >= 15 is 0 Å². The van der Waals surface area contributed by atoms with E-state index in [1.807, 2.05) is 0 Å². The number of hydrogen-bond donors (Lipinski definition) is 3. The molecule has 0 aliphatic rings. The number of primary amides is 1. The molecule has 4 N–H and O–H groups in total. The van der Waals surface area contributed by atoms with Crippen LogP contribution in [0.5, 0.6) is 5.75 Å². The molecule has 0 saturated carbocycles. The van der Waals surface area contributed by atoms with Crippen molar-refractivity contribution in [3.8, 4) is 5.75 Å². The fraction of sp³-hybridized carbons (Fsp3) is 0. The SMILES string of the molecule is NC(=O)c1cc(S(=O)(=O)Nc2ccc(Br)cc2)ccc1O. The van der Waals surface area contributed by atoms with Crippen LogP contribution in [0.25, 0.3) is 0 Å². The summed E-state index contributed by atoms with van der Waals surface area (Å²) in [5.74, 6) is -1.28. The van der Waals surface area contributed by atoms with Crippen molar-refractivity contribution in [2.75, 3.05) is 4.72 Å². The molecule has 2 aromatic carbocycles. The zero-order valence-electron chi connectivity index (χ0n) is 10.6. The van der Waals surface area contributed by atoms with Crippen LogP contribution in [0.4, 0.5) is 5.69 Å². The Labute approximate surface area is 129 Å². The summed E-state index contributed by atoms with van der Waals surface area (Å²) in [6.45, 7) is 0. The average molecular weight is 371 g/mol. The summed E-state index contributed by atoms with van der Waals surface area (Å²) in [7, 11) is -3.88. The smallest absolute Gasteiger partial charge is 0.261 e. The summed E-state index contributed by atoms with van der Waals surface area (Å²) in [4.78, 5) is 11.0. The van der Waals surface area contributed by atoms with Gasteiger partial charge in [-0.1, -0.05) is 15.9 Å². The van der Waals surface area contributed by atoms with E-state index < -0.39 is 15.9 Å². The third-order valence-corrected chi connectivity index (χ3v) is 4.55. The molecule has 0 radical (unpaired) electrons. The Kier molecular flexibility index (Phi) is 4.19. The standard InChI is InChI=1S/C13H11BrN2O4S/c14-8-1-3-9(4-2-8)16-21(19,20)10-5-6-12(17)11(7-10)13(15)18/h1-7,16-17H,(H2,15,18). The molecule has 0 spiro atoms. The minimum Gasteiger partial charge on any atom is -0.507 e. The molecule has 6 nitrogen and oxygen atoms in total. The fourth-order valence-corrected chi connectivity index (χ4v) is 2.96. The molecule has 0 aliphatic carbocycles. The highest BCUT2D eigenvalue weighted by molar-refractivity contribution is 9.10. The normalized spacial score (nSPS) is 11.1. The van der Waals surface area contributed by atoms with Crippen LogP contribution in [0.3, 0.4) is 0 Å². The maximum Gasteiger partial charge on any atom is 0.261 e. The highest BCUT2D eigenvalue weighted by Crippen LogP contribution is 2.23. The van der Waals surface area contributed by atoms with Gasteiger partial charge >= 0.3 is 0 Å². The van der Waals surface area contributed by atoms with E-state index in [4.69, 9.17) is 5.73 Å². The number of halogens is 1. The fourth-order valence-electron chi connectivity index (χ4n) is 1.61. The molecule has 0 aromatic heterocycles. The largest absolute Gasteiger partial charge is 0.507 e. The second kappa shape index (κ2) is 5.74. The lowest BCUT2D eigenvalue weighted by atomic mass is 10.2. The van der Waals surface area contributed by atoms with Gasteiger partial charge in [-0.05, 0) is 42.5 Å². The number of nitrogens with one attached hydrogen (secondary N) is 1. The number of aromatic hydroxyl groups is 1. The van der Waals surface area contributed by atoms with Crippen LogP contribution in [0.15, 0.2) is 51.8 Å². The number of rotatable bonds is 4. The Hall–Kier alpha value is -2.06. The zero-order chi connectivity index (χ0) is 15.6. The van der Waals surface area contributed by atoms with Crippen LogP contribution in [-0.4, -0.2) is 19.4 Å². The summed E-state index contributed by atoms with van der Waals surface area (Å²) in [6, 6.07) is 9.85. The lowest BCUT2D eigenvalue weighted by Gasteiger charge is -2.09. The summed E-state index contributed by atoms with van der Waals surface area (Å²) in [5.41, 5.74) is 5.19. The van der Waals surface area contributed by atoms with Crippen LogP contribution < -0.4 is 10.5 Å². The number of amides is 1. The highest BCUT2D eigenvalue weighted by atomic mass is 79.9. The summed E-state index contributed by atoms with van der Waals surface area (Å²) >= 11 is 3.25. The van der Waals surface area contributed by atoms with E-state index in [-0.39, 0.29) is 16.2 Å². The van der Waals surface area contributed by atoms with E-state index in [1.165, 1.54) is 6.07 Å². The molecule has 1 amide bonds. The molecule has 2 aromatic rings. The predicted octanol–water partition coefficient (Wildman–Crippen LogP) is 2.05. The Morgan fingerprint density at radius 3 is 2.33 bits per heavy atom. The summed E-state index contributed by atoms with van der Waals surface area (Å²) < 4.78 is 27.6. The molecule has 0 bridgehead atoms. The quantitative estimate of drug-likeness (QED) is 0.764. The molecule has 0 aliphatic heterocycles. The van der Waals surface area contributed by atoms with Crippen molar-refractivity contribution in [2.24, 2.45) is 5.73 Å². The summed E-state index contributed by atoms with van der Waals surface area (Å²) in [6.07, 6.45) is 0. The minimum absolute atomic E-state index is 0.169. The lowest BCUT2D eigenvalue weighted by Crippen LogP contribution is -2.16. The van der Waals surface area contributed by atoms with E-state index in [0.29, 0.717) is 5.69 Å². The van der Waals surface area contributed by atoms with Crippen molar-refractivity contribution in [1.82, 2.24) is 0 Å². The third-order valence-electron chi connectivity index (χ3n) is 2.64. The van der Waals surface area contributed by atoms with E-state index in [1.54, 1.807) is 24.3 Å². The molecule has 0 atom stereocenters. The number of carbonyl (C=O) groups is 1. The first-order chi connectivity index (χ1) is 9.79. The van der Waals surface area contributed by atoms with Gasteiger partial charge < -0.3 is 10.8 Å². The van der Waals surface area contributed by atoms with Crippen molar-refractivity contribution in [2.45, 2.75) is 4.90 Å². The lowest BCUT2D eigenvalue weighted by molar-refractivity contribution is 0.0997. The second-order valence-electron chi connectivity index (χ2n) is 4.16. The number of nitrogens with two attached hydrogens (primary N) is 1. The Balaban J connectivity index is 2.38. The molecular formula is C13H11BrN2O4S. The van der Waals surface area contributed by atoms with Crippen LogP contribution in [0.2, 0.25) is 0 Å². The first-order valence-electron chi connectivity index (χ1n) is 5.71. The third kappa shape index (κ3) is 3.53. The van der Waals surface area contributed by atoms with Gasteiger partial charge in [-0.15, -0.1) is 0 Å². The van der Waals surface area contributed by atoms with E-state index in [0.717, 1.165) is 16.6 Å². The monoisotopic (exact) mass is 370 g/mol. The molecule has 2 rings (SSSR count). The molecule has 21 heavy (non-hydrogen) atoms. The van der Waals surface area contributed by atoms with Gasteiger partial charge in [-0.25, -0.2) is 8.42 Å². The number of anilines is 1. The molecule has 0 heterocycles. The Morgan fingerprint density at radius 1 is 1.14 bits per heavy atom. The highest BCUT2D eigenvalue weighted by Gasteiger charge is 2.18. The predicted molar refractivity (Wildman–Crippen MR) is 81.6 cm³/mol. The van der Waals surface area contributed by atoms with Gasteiger partial charge in [0.05, 0.1) is 10.5 Å². The number of phenols is 1. The number of hydrogen-bond acceptors (Lipinski definition) is 4. The van der Waals surface area contributed by atoms with Crippen molar-refractivity contribution in [1.29, 1.82) is 0 Å². The van der Waals surface area contributed by atoms with Gasteiger partial charge in [-0.2, -0.15) is 0 Å². The van der Waals surface area contributed by atoms with Gasteiger partial charge in [0.15, 0.2) is 0 Å². The second-order valence-corrected chi connectivity index (χ2v) is 6.75. The minimum atomic E-state index is -3.88. The van der Waals surface area contributed by atoms with Crippen molar-refractivity contribution in [3.63, 3.8) is 0 Å². The molecule has 0 fully saturated rings. The van der Waals surface area contributed by atoms with E-state index in [9.17, 15) is 18.3 Å². The number of carbonyl (C=O) groups excluding carboxylic acids is 1. The van der Waals surface area contributed by atoms with Gasteiger partial charge in [-0.3, -0.25) is 9.52 Å². The van der Waals surface area contributed by atoms with Gasteiger partial charge in [0, 0.05) is 10.2 Å². The number of benzene rings is 2. The van der Waals surface area contributed by atoms with Gasteiger partial charge in [0.2, 0.25) is 0 Å². The van der Waals surface area contributed by atoms with Gasteiger partial charge in [0.25, 0.3) is 15.9 Å². The van der Waals surface area contributed by atoms with Gasteiger partial charge in [0.1, 0.15) is 5.75 Å². The zero-order valence-corrected chi connectivity index (χ0v) is 13.0. The molecule has 0 unspecified atom stereocenters. The van der Waals surface area contributed by atoms with Crippen LogP contribution in [-0.2, 0) is 10.0 Å². The first kappa shape index (κ1) is 15.3. The Morgan fingerprint density at radius 2 is 1.76 bits per heavy atom. The van der Waals surface area contributed by atoms with Crippen LogP contribution in [0, 0.1) is 0 Å². The van der Waals surface area contributed by atoms with Crippen molar-refractivity contribution < 1.29 is 18.3 Å². The number of sulfonamides is 1. The molecule has 8 heteroatoms. The van der Waals surface area contributed by atoms with Crippen molar-refractivity contribution in [3.05, 3.63) is 52.5 Å². The topological polar surface area (TPSA) is 109 Å². The average Bonchev–Trinajstić information content (AvgIpc) is 2.41. The Bertz CT molecular complexity index is 788. The summed E-state index contributed by atoms with van der Waals surface area (Å²) in [5, 5.41) is 9.47. The van der Waals surface area contributed by atoms with E-state index in [2.05, 4.69) is 20.7 Å². The maximum atomic E-state index is 12.2. The molecule has 110 valence electrons.